The molecule has 2 aromatic carbocycles. The van der Waals surface area contributed by atoms with Crippen LogP contribution in [0.15, 0.2) is 83.5 Å². The number of nitrogens with zero attached hydrogens (tertiary/aromatic N) is 3. The highest BCUT2D eigenvalue weighted by Gasteiger charge is 2.33. The van der Waals surface area contributed by atoms with Crippen LogP contribution in [-0.2, 0) is 31.1 Å². The van der Waals surface area contributed by atoms with Gasteiger partial charge >= 0.3 is 0 Å². The molecule has 0 aliphatic rings. The van der Waals surface area contributed by atoms with Crippen LogP contribution < -0.4 is 5.32 Å². The van der Waals surface area contributed by atoms with Gasteiger partial charge in [0, 0.05) is 37.0 Å². The van der Waals surface area contributed by atoms with Gasteiger partial charge in [-0.1, -0.05) is 51.1 Å². The van der Waals surface area contributed by atoms with Crippen LogP contribution in [0.5, 0.6) is 0 Å². The molecule has 1 unspecified atom stereocenters. The average molecular weight is 687 g/mol. The first-order valence-electron chi connectivity index (χ1n) is 14.7. The molecular formula is C32H38N4O7S3. The third kappa shape index (κ3) is 9.48. The van der Waals surface area contributed by atoms with Crippen LogP contribution in [0, 0.1) is 11.8 Å². The van der Waals surface area contributed by atoms with Crippen LogP contribution in [0.1, 0.15) is 36.7 Å². The van der Waals surface area contributed by atoms with Crippen LogP contribution >= 0.6 is 11.3 Å². The van der Waals surface area contributed by atoms with Crippen LogP contribution in [0.25, 0.3) is 10.2 Å². The van der Waals surface area contributed by atoms with Crippen molar-refractivity contribution < 1.29 is 31.5 Å². The molecule has 246 valence electrons. The summed E-state index contributed by atoms with van der Waals surface area (Å²) in [5.41, 5.74) is 3.12. The molecule has 4 rings (SSSR count). The zero-order valence-corrected chi connectivity index (χ0v) is 28.3. The van der Waals surface area contributed by atoms with Gasteiger partial charge in [-0.3, -0.25) is 14.6 Å². The maximum Gasteiger partial charge on any atom is 0.243 e. The van der Waals surface area contributed by atoms with E-state index in [9.17, 15) is 31.5 Å². The standard InChI is InChI=1S/C32H38N4O7S3/c1-22(2)17-36(46(42,43)26-11-12-31-28(15-26)34-21-44-31)18-29(37)27(14-24-8-5-4-6-9-24)35-32(39)23(3)19-45(40,41)20-30(38)25-10-7-13-33-16-25/h4-13,15-16,21-23,27,29,37H,14,17-20H2,1-3H3,(H,35,39)/t23-,27?,29-/m1/s1. The molecule has 0 spiro atoms. The van der Waals surface area contributed by atoms with Gasteiger partial charge in [-0.05, 0) is 48.2 Å². The van der Waals surface area contributed by atoms with Gasteiger partial charge in [-0.15, -0.1) is 11.3 Å². The maximum absolute atomic E-state index is 13.8. The highest BCUT2D eigenvalue weighted by Crippen LogP contribution is 2.25. The Morgan fingerprint density at radius 1 is 0.978 bits per heavy atom. The Labute approximate surface area is 273 Å². The number of benzene rings is 2. The molecule has 0 radical (unpaired) electrons. The minimum absolute atomic E-state index is 0.0436. The molecular weight excluding hydrogens is 649 g/mol. The predicted octanol–water partition coefficient (Wildman–Crippen LogP) is 3.36. The molecule has 14 heteroatoms. The number of thiazole rings is 1. The summed E-state index contributed by atoms with van der Waals surface area (Å²) in [5.74, 6) is -3.78. The van der Waals surface area contributed by atoms with E-state index in [-0.39, 0.29) is 35.9 Å². The number of sulfonamides is 1. The van der Waals surface area contributed by atoms with Crippen LogP contribution in [0.3, 0.4) is 0 Å². The minimum Gasteiger partial charge on any atom is -0.390 e. The highest BCUT2D eigenvalue weighted by molar-refractivity contribution is 7.92. The number of Topliss-reactive ketones (excluding diaryl/α,β-unsaturated/α-hetero) is 1. The topological polar surface area (TPSA) is 164 Å². The van der Waals surface area contributed by atoms with Gasteiger partial charge in [0.1, 0.15) is 5.75 Å². The lowest BCUT2D eigenvalue weighted by Gasteiger charge is -2.31. The molecule has 1 amide bonds. The Morgan fingerprint density at radius 3 is 2.39 bits per heavy atom. The molecule has 0 aliphatic heterocycles. The fourth-order valence-corrected chi connectivity index (χ4v) is 8.86. The van der Waals surface area contributed by atoms with Gasteiger partial charge in [0.15, 0.2) is 15.6 Å². The number of carbonyl (C=O) groups is 2. The number of aliphatic hydroxyl groups excluding tert-OH is 1. The molecule has 2 aromatic heterocycles. The number of carbonyl (C=O) groups excluding carboxylic acids is 2. The number of pyridine rings is 1. The number of ketones is 1. The second-order valence-corrected chi connectivity index (χ2v) is 16.6. The Morgan fingerprint density at radius 2 is 1.72 bits per heavy atom. The quantitative estimate of drug-likeness (QED) is 0.168. The molecule has 2 heterocycles. The number of aliphatic hydroxyl groups is 1. The summed E-state index contributed by atoms with van der Waals surface area (Å²) >= 11 is 1.40. The molecule has 0 fully saturated rings. The summed E-state index contributed by atoms with van der Waals surface area (Å²) in [5, 5.41) is 14.3. The van der Waals surface area contributed by atoms with E-state index >= 15 is 0 Å². The van der Waals surface area contributed by atoms with Crippen molar-refractivity contribution in [1.29, 1.82) is 0 Å². The number of hydrogen-bond acceptors (Lipinski definition) is 10. The van der Waals surface area contributed by atoms with Crippen LogP contribution in [-0.4, -0.2) is 84.6 Å². The number of aromatic nitrogens is 2. The number of fused-ring (bicyclic) bond motifs is 1. The molecule has 4 aromatic rings. The number of amides is 1. The largest absolute Gasteiger partial charge is 0.390 e. The Balaban J connectivity index is 1.52. The van der Waals surface area contributed by atoms with E-state index in [0.29, 0.717) is 5.52 Å². The van der Waals surface area contributed by atoms with E-state index in [1.807, 2.05) is 32.0 Å². The molecule has 11 nitrogen and oxygen atoms in total. The molecule has 0 saturated heterocycles. The van der Waals surface area contributed by atoms with E-state index < -0.39 is 61.1 Å². The molecule has 46 heavy (non-hydrogen) atoms. The zero-order chi connectivity index (χ0) is 33.5. The first-order valence-corrected chi connectivity index (χ1v) is 18.9. The van der Waals surface area contributed by atoms with E-state index in [1.165, 1.54) is 59.2 Å². The first kappa shape index (κ1) is 35.3. The van der Waals surface area contributed by atoms with Gasteiger partial charge in [0.2, 0.25) is 15.9 Å². The van der Waals surface area contributed by atoms with Crippen molar-refractivity contribution in [2.75, 3.05) is 24.6 Å². The highest BCUT2D eigenvalue weighted by atomic mass is 32.2. The van der Waals surface area contributed by atoms with E-state index in [0.717, 1.165) is 10.3 Å². The van der Waals surface area contributed by atoms with Crippen molar-refractivity contribution in [3.05, 3.63) is 89.7 Å². The van der Waals surface area contributed by atoms with Crippen molar-refractivity contribution in [1.82, 2.24) is 19.6 Å². The number of sulfone groups is 1. The van der Waals surface area contributed by atoms with Crippen molar-refractivity contribution in [2.45, 2.75) is 44.2 Å². The van der Waals surface area contributed by atoms with Gasteiger partial charge < -0.3 is 10.4 Å². The van der Waals surface area contributed by atoms with Crippen molar-refractivity contribution >= 4 is 53.1 Å². The van der Waals surface area contributed by atoms with Gasteiger partial charge in [0.25, 0.3) is 0 Å². The summed E-state index contributed by atoms with van der Waals surface area (Å²) < 4.78 is 55.4. The summed E-state index contributed by atoms with van der Waals surface area (Å²) in [7, 11) is -8.04. The molecule has 0 aliphatic carbocycles. The lowest BCUT2D eigenvalue weighted by Crippen LogP contribution is -2.52. The molecule has 0 saturated carbocycles. The monoisotopic (exact) mass is 686 g/mol. The van der Waals surface area contributed by atoms with E-state index in [2.05, 4.69) is 15.3 Å². The van der Waals surface area contributed by atoms with Crippen LogP contribution in [0.2, 0.25) is 0 Å². The maximum atomic E-state index is 13.8. The normalized spacial score (nSPS) is 14.3. The lowest BCUT2D eigenvalue weighted by molar-refractivity contribution is -0.125. The van der Waals surface area contributed by atoms with E-state index in [1.54, 1.807) is 23.7 Å². The van der Waals surface area contributed by atoms with Crippen molar-refractivity contribution in [2.24, 2.45) is 11.8 Å². The third-order valence-corrected chi connectivity index (χ3v) is 11.6. The fraction of sp³-hybridized carbons (Fsp3) is 0.375. The number of nitrogens with one attached hydrogen (secondary N) is 1. The minimum atomic E-state index is -4.06. The summed E-state index contributed by atoms with van der Waals surface area (Å²) in [6, 6.07) is 15.8. The molecule has 0 bridgehead atoms. The fourth-order valence-electron chi connectivity index (χ4n) is 4.96. The molecule has 2 N–H and O–H groups in total. The summed E-state index contributed by atoms with van der Waals surface area (Å²) in [6.07, 6.45) is 1.56. The summed E-state index contributed by atoms with van der Waals surface area (Å²) in [4.78, 5) is 33.9. The van der Waals surface area contributed by atoms with Gasteiger partial charge in [-0.25, -0.2) is 21.8 Å². The van der Waals surface area contributed by atoms with Crippen molar-refractivity contribution in [3.8, 4) is 0 Å². The molecule has 3 atom stereocenters. The predicted molar refractivity (Wildman–Crippen MR) is 178 cm³/mol. The van der Waals surface area contributed by atoms with Crippen molar-refractivity contribution in [3.63, 3.8) is 0 Å². The Kier molecular flexibility index (Phi) is 11.8. The Bertz CT molecular complexity index is 1850. The Hall–Kier alpha value is -3.56. The lowest BCUT2D eigenvalue weighted by atomic mass is 10.00. The van der Waals surface area contributed by atoms with Crippen LogP contribution in [0.4, 0.5) is 0 Å². The zero-order valence-electron chi connectivity index (χ0n) is 25.8. The second-order valence-electron chi connectivity index (χ2n) is 11.7. The first-order chi connectivity index (χ1) is 21.7. The summed E-state index contributed by atoms with van der Waals surface area (Å²) in [6.45, 7) is 4.95. The smallest absolute Gasteiger partial charge is 0.243 e. The SMILES string of the molecule is CC(C)CN(C[C@@H](O)C(Cc1ccccc1)NC(=O)[C@H](C)CS(=O)(=O)CC(=O)c1cccnc1)S(=O)(=O)c1ccc2scnc2c1. The number of rotatable bonds is 16. The second kappa shape index (κ2) is 15.4. The average Bonchev–Trinajstić information content (AvgIpc) is 3.49. The van der Waals surface area contributed by atoms with E-state index in [4.69, 9.17) is 0 Å². The van der Waals surface area contributed by atoms with Gasteiger partial charge in [-0.2, -0.15) is 4.31 Å². The number of hydrogen-bond donors (Lipinski definition) is 2. The third-order valence-electron chi connectivity index (χ3n) is 7.28. The van der Waals surface area contributed by atoms with Gasteiger partial charge in [0.05, 0.1) is 38.5 Å².